The molecule has 1 saturated carbocycles. The molecule has 3 N–H and O–H groups in total. The third kappa shape index (κ3) is 3.62. The van der Waals surface area contributed by atoms with Crippen molar-refractivity contribution in [3.8, 4) is 0 Å². The van der Waals surface area contributed by atoms with Gasteiger partial charge in [0.25, 0.3) is 5.91 Å². The van der Waals surface area contributed by atoms with Gasteiger partial charge in [-0.25, -0.2) is 0 Å². The van der Waals surface area contributed by atoms with E-state index >= 15 is 0 Å². The van der Waals surface area contributed by atoms with E-state index in [4.69, 9.17) is 5.73 Å². The Labute approximate surface area is 118 Å². The van der Waals surface area contributed by atoms with E-state index in [0.29, 0.717) is 17.9 Å². The van der Waals surface area contributed by atoms with Gasteiger partial charge in [0.05, 0.1) is 0 Å². The summed E-state index contributed by atoms with van der Waals surface area (Å²) in [7, 11) is 0. The molecule has 5 heteroatoms. The molecule has 1 fully saturated rings. The summed E-state index contributed by atoms with van der Waals surface area (Å²) < 4.78 is 0.203. The molecule has 19 heavy (non-hydrogen) atoms. The first kappa shape index (κ1) is 14.2. The first-order valence-electron chi connectivity index (χ1n) is 6.70. The second-order valence-corrected chi connectivity index (χ2v) is 6.38. The number of nitrogen functional groups attached to an aromatic ring is 1. The van der Waals surface area contributed by atoms with Gasteiger partial charge in [-0.3, -0.25) is 9.78 Å². The lowest BCUT2D eigenvalue weighted by molar-refractivity contribution is 0.0942. The van der Waals surface area contributed by atoms with Gasteiger partial charge in [-0.05, 0) is 31.2 Å². The average Bonchev–Trinajstić information content (AvgIpc) is 2.46. The van der Waals surface area contributed by atoms with Crippen LogP contribution >= 0.6 is 11.8 Å². The summed E-state index contributed by atoms with van der Waals surface area (Å²) in [4.78, 5) is 16.1. The zero-order valence-corrected chi connectivity index (χ0v) is 12.1. The van der Waals surface area contributed by atoms with Crippen LogP contribution in [-0.4, -0.2) is 28.4 Å². The van der Waals surface area contributed by atoms with Crippen LogP contribution in [0.25, 0.3) is 0 Å². The van der Waals surface area contributed by atoms with Gasteiger partial charge in [-0.1, -0.05) is 19.3 Å². The Morgan fingerprint density at radius 2 is 2.21 bits per heavy atom. The lowest BCUT2D eigenvalue weighted by Gasteiger charge is -2.35. The van der Waals surface area contributed by atoms with Crippen molar-refractivity contribution in [1.29, 1.82) is 0 Å². The Balaban J connectivity index is 1.95. The lowest BCUT2D eigenvalue weighted by atomic mass is 9.88. The second-order valence-electron chi connectivity index (χ2n) is 5.10. The van der Waals surface area contributed by atoms with Gasteiger partial charge in [0, 0.05) is 23.2 Å². The van der Waals surface area contributed by atoms with E-state index in [2.05, 4.69) is 16.6 Å². The molecule has 2 rings (SSSR count). The number of nitrogens with one attached hydrogen (secondary N) is 1. The van der Waals surface area contributed by atoms with Crippen LogP contribution in [0.4, 0.5) is 5.69 Å². The number of carbonyl (C=O) groups excluding carboxylic acids is 1. The molecule has 1 aromatic heterocycles. The first-order chi connectivity index (χ1) is 9.15. The van der Waals surface area contributed by atoms with Gasteiger partial charge >= 0.3 is 0 Å². The third-order valence-corrected chi connectivity index (χ3v) is 5.20. The largest absolute Gasteiger partial charge is 0.399 e. The first-order valence-corrected chi connectivity index (χ1v) is 7.93. The number of amides is 1. The van der Waals surface area contributed by atoms with Crippen LogP contribution in [0.1, 0.15) is 42.6 Å². The molecule has 0 atom stereocenters. The van der Waals surface area contributed by atoms with Gasteiger partial charge in [0.2, 0.25) is 0 Å². The summed E-state index contributed by atoms with van der Waals surface area (Å²) in [5.41, 5.74) is 6.63. The molecule has 1 amide bonds. The van der Waals surface area contributed by atoms with Crippen LogP contribution in [-0.2, 0) is 0 Å². The van der Waals surface area contributed by atoms with E-state index in [-0.39, 0.29) is 10.7 Å². The predicted octanol–water partition coefficient (Wildman–Crippen LogP) is 2.46. The van der Waals surface area contributed by atoms with Crippen molar-refractivity contribution in [3.05, 3.63) is 24.0 Å². The number of nitrogens with zero attached hydrogens (tertiary/aromatic N) is 1. The third-order valence-electron chi connectivity index (χ3n) is 3.79. The maximum Gasteiger partial charge on any atom is 0.270 e. The number of pyridine rings is 1. The number of aromatic nitrogens is 1. The van der Waals surface area contributed by atoms with Crippen molar-refractivity contribution < 1.29 is 4.79 Å². The number of hydrogen-bond donors (Lipinski definition) is 2. The van der Waals surface area contributed by atoms with Crippen molar-refractivity contribution in [3.63, 3.8) is 0 Å². The normalized spacial score (nSPS) is 17.9. The summed E-state index contributed by atoms with van der Waals surface area (Å²) in [5, 5.41) is 3.01. The smallest absolute Gasteiger partial charge is 0.270 e. The number of nitrogens with two attached hydrogens (primary N) is 1. The molecule has 1 aliphatic carbocycles. The SMILES string of the molecule is CSC1(CNC(=O)c2cc(N)ccn2)CCCCC1. The van der Waals surface area contributed by atoms with Crippen molar-refractivity contribution in [2.45, 2.75) is 36.9 Å². The van der Waals surface area contributed by atoms with Crippen molar-refractivity contribution in [2.24, 2.45) is 0 Å². The van der Waals surface area contributed by atoms with Crippen LogP contribution in [0.5, 0.6) is 0 Å². The van der Waals surface area contributed by atoms with E-state index < -0.39 is 0 Å². The maximum absolute atomic E-state index is 12.1. The fraction of sp³-hybridized carbons (Fsp3) is 0.571. The van der Waals surface area contributed by atoms with Crippen LogP contribution in [0.15, 0.2) is 18.3 Å². The molecule has 0 radical (unpaired) electrons. The van der Waals surface area contributed by atoms with E-state index in [1.807, 2.05) is 11.8 Å². The molecular weight excluding hydrogens is 258 g/mol. The summed E-state index contributed by atoms with van der Waals surface area (Å²) in [6.45, 7) is 0.712. The fourth-order valence-electron chi connectivity index (χ4n) is 2.55. The maximum atomic E-state index is 12.1. The van der Waals surface area contributed by atoms with Gasteiger partial charge in [0.15, 0.2) is 0 Å². The molecule has 0 aromatic carbocycles. The van der Waals surface area contributed by atoms with Crippen LogP contribution < -0.4 is 11.1 Å². The molecule has 0 saturated heterocycles. The van der Waals surface area contributed by atoms with E-state index in [9.17, 15) is 4.79 Å². The molecule has 0 aliphatic heterocycles. The molecule has 1 aromatic rings. The zero-order chi connectivity index (χ0) is 13.7. The lowest BCUT2D eigenvalue weighted by Crippen LogP contribution is -2.42. The van der Waals surface area contributed by atoms with Crippen molar-refractivity contribution >= 4 is 23.4 Å². The Morgan fingerprint density at radius 3 is 2.84 bits per heavy atom. The Morgan fingerprint density at radius 1 is 1.47 bits per heavy atom. The number of thioether (sulfide) groups is 1. The quantitative estimate of drug-likeness (QED) is 0.888. The summed E-state index contributed by atoms with van der Waals surface area (Å²) in [6.07, 6.45) is 9.89. The molecule has 1 heterocycles. The minimum absolute atomic E-state index is 0.133. The van der Waals surface area contributed by atoms with Crippen LogP contribution in [0.3, 0.4) is 0 Å². The molecule has 0 bridgehead atoms. The van der Waals surface area contributed by atoms with E-state index in [1.165, 1.54) is 32.1 Å². The van der Waals surface area contributed by atoms with Crippen LogP contribution in [0.2, 0.25) is 0 Å². The molecular formula is C14H21N3OS. The molecule has 104 valence electrons. The van der Waals surface area contributed by atoms with E-state index in [0.717, 1.165) is 0 Å². The van der Waals surface area contributed by atoms with Crippen LogP contribution in [0, 0.1) is 0 Å². The highest BCUT2D eigenvalue weighted by atomic mass is 32.2. The Kier molecular flexibility index (Phi) is 4.69. The second kappa shape index (κ2) is 6.28. The fourth-order valence-corrected chi connectivity index (χ4v) is 3.47. The summed E-state index contributed by atoms with van der Waals surface area (Å²) in [5.74, 6) is -0.133. The topological polar surface area (TPSA) is 68.0 Å². The number of carbonyl (C=O) groups is 1. The minimum atomic E-state index is -0.133. The average molecular weight is 279 g/mol. The number of hydrogen-bond acceptors (Lipinski definition) is 4. The molecule has 4 nitrogen and oxygen atoms in total. The van der Waals surface area contributed by atoms with Gasteiger partial charge < -0.3 is 11.1 Å². The number of anilines is 1. The van der Waals surface area contributed by atoms with Gasteiger partial charge in [-0.15, -0.1) is 0 Å². The Bertz CT molecular complexity index is 444. The highest BCUT2D eigenvalue weighted by Gasteiger charge is 2.31. The monoisotopic (exact) mass is 279 g/mol. The zero-order valence-electron chi connectivity index (χ0n) is 11.3. The highest BCUT2D eigenvalue weighted by molar-refractivity contribution is 8.00. The molecule has 0 unspecified atom stereocenters. The highest BCUT2D eigenvalue weighted by Crippen LogP contribution is 2.37. The predicted molar refractivity (Wildman–Crippen MR) is 80.3 cm³/mol. The summed E-state index contributed by atoms with van der Waals surface area (Å²) in [6, 6.07) is 3.29. The molecule has 0 spiro atoms. The van der Waals surface area contributed by atoms with E-state index in [1.54, 1.807) is 18.3 Å². The Hall–Kier alpha value is -1.23. The van der Waals surface area contributed by atoms with Gasteiger partial charge in [0.1, 0.15) is 5.69 Å². The van der Waals surface area contributed by atoms with Gasteiger partial charge in [-0.2, -0.15) is 11.8 Å². The minimum Gasteiger partial charge on any atom is -0.399 e. The van der Waals surface area contributed by atoms with Crippen molar-refractivity contribution in [2.75, 3.05) is 18.5 Å². The number of rotatable bonds is 4. The summed E-state index contributed by atoms with van der Waals surface area (Å²) >= 11 is 1.87. The standard InChI is InChI=1S/C14H21N3OS/c1-19-14(6-3-2-4-7-14)10-17-13(18)12-9-11(15)5-8-16-12/h5,8-9H,2-4,6-7,10H2,1H3,(H2,15,16)(H,17,18). The molecule has 1 aliphatic rings. The van der Waals surface area contributed by atoms with Crippen molar-refractivity contribution in [1.82, 2.24) is 10.3 Å².